The molecule has 0 saturated heterocycles. The number of aromatic nitrogens is 2. The molecule has 1 aromatic heterocycles. The molecule has 1 N–H and O–H groups in total. The van der Waals surface area contributed by atoms with E-state index in [9.17, 15) is 0 Å². The van der Waals surface area contributed by atoms with E-state index in [-0.39, 0.29) is 0 Å². The van der Waals surface area contributed by atoms with Crippen LogP contribution in [-0.4, -0.2) is 40.6 Å². The van der Waals surface area contributed by atoms with Gasteiger partial charge in [0, 0.05) is 31.5 Å². The van der Waals surface area contributed by atoms with E-state index in [0.29, 0.717) is 5.54 Å². The zero-order valence-corrected chi connectivity index (χ0v) is 9.82. The van der Waals surface area contributed by atoms with Gasteiger partial charge in [0.15, 0.2) is 0 Å². The van der Waals surface area contributed by atoms with Crippen molar-refractivity contribution in [2.45, 2.75) is 24.8 Å². The van der Waals surface area contributed by atoms with Crippen LogP contribution >= 0.6 is 0 Å². The van der Waals surface area contributed by atoms with Crippen molar-refractivity contribution in [3.8, 4) is 0 Å². The van der Waals surface area contributed by atoms with Gasteiger partial charge in [0.25, 0.3) is 0 Å². The summed E-state index contributed by atoms with van der Waals surface area (Å²) in [5.74, 6) is 0.961. The molecular formula is C11H20N4. The normalized spacial score (nSPS) is 18.9. The molecule has 0 radical (unpaired) electrons. The maximum atomic E-state index is 4.27. The molecular weight excluding hydrogens is 188 g/mol. The fourth-order valence-electron chi connectivity index (χ4n) is 2.15. The number of rotatable bonds is 4. The van der Waals surface area contributed by atoms with Gasteiger partial charge in [-0.25, -0.2) is 4.98 Å². The molecule has 2 rings (SSSR count). The highest BCUT2D eigenvalue weighted by atomic mass is 15.2. The van der Waals surface area contributed by atoms with Crippen molar-refractivity contribution in [1.82, 2.24) is 14.5 Å². The lowest BCUT2D eigenvalue weighted by Crippen LogP contribution is -2.54. The van der Waals surface area contributed by atoms with Gasteiger partial charge >= 0.3 is 0 Å². The van der Waals surface area contributed by atoms with Crippen LogP contribution in [0.25, 0.3) is 0 Å². The molecule has 0 aliphatic heterocycles. The third-order valence-electron chi connectivity index (χ3n) is 3.63. The lowest BCUT2D eigenvalue weighted by Gasteiger charge is -2.47. The van der Waals surface area contributed by atoms with E-state index in [1.54, 1.807) is 0 Å². The van der Waals surface area contributed by atoms with Crippen LogP contribution in [0.5, 0.6) is 0 Å². The molecule has 1 fully saturated rings. The molecule has 84 valence electrons. The summed E-state index contributed by atoms with van der Waals surface area (Å²) in [5, 5.41) is 3.43. The Kier molecular flexibility index (Phi) is 2.69. The second-order valence-corrected chi connectivity index (χ2v) is 4.69. The zero-order valence-electron chi connectivity index (χ0n) is 9.82. The van der Waals surface area contributed by atoms with Crippen LogP contribution in [0.2, 0.25) is 0 Å². The second-order valence-electron chi connectivity index (χ2n) is 4.69. The molecule has 0 spiro atoms. The standard InChI is InChI=1S/C11H20N4/c1-14(2)11(5-4-6-11)9-13-10-12-7-8-15(10)3/h7-8H,4-6,9H2,1-3H3,(H,12,13). The first-order valence-electron chi connectivity index (χ1n) is 5.53. The molecule has 4 heteroatoms. The van der Waals surface area contributed by atoms with Gasteiger partial charge in [-0.1, -0.05) is 0 Å². The Bertz CT molecular complexity index is 325. The van der Waals surface area contributed by atoms with Crippen LogP contribution < -0.4 is 5.32 Å². The molecule has 1 aliphatic rings. The molecule has 0 unspecified atom stereocenters. The van der Waals surface area contributed by atoms with Crippen molar-refractivity contribution >= 4 is 5.95 Å². The van der Waals surface area contributed by atoms with Gasteiger partial charge in [-0.05, 0) is 33.4 Å². The molecule has 1 aliphatic carbocycles. The number of likely N-dealkylation sites (N-methyl/N-ethyl adjacent to an activating group) is 1. The highest BCUT2D eigenvalue weighted by Crippen LogP contribution is 2.36. The minimum atomic E-state index is 0.353. The number of anilines is 1. The quantitative estimate of drug-likeness (QED) is 0.810. The second kappa shape index (κ2) is 3.85. The fourth-order valence-corrected chi connectivity index (χ4v) is 2.15. The Labute approximate surface area is 91.3 Å². The predicted octanol–water partition coefficient (Wildman–Crippen LogP) is 1.32. The number of nitrogens with zero attached hydrogens (tertiary/aromatic N) is 3. The molecule has 0 atom stereocenters. The Morgan fingerprint density at radius 2 is 2.27 bits per heavy atom. The lowest BCUT2D eigenvalue weighted by molar-refractivity contribution is 0.0737. The summed E-state index contributed by atoms with van der Waals surface area (Å²) in [6, 6.07) is 0. The van der Waals surface area contributed by atoms with Crippen molar-refractivity contribution < 1.29 is 0 Å². The minimum Gasteiger partial charge on any atom is -0.354 e. The maximum absolute atomic E-state index is 4.27. The molecule has 4 nitrogen and oxygen atoms in total. The third kappa shape index (κ3) is 1.86. The van der Waals surface area contributed by atoms with Gasteiger partial charge in [-0.3, -0.25) is 0 Å². The van der Waals surface area contributed by atoms with Gasteiger partial charge in [0.1, 0.15) is 0 Å². The Hall–Kier alpha value is -1.03. The predicted molar refractivity (Wildman–Crippen MR) is 62.0 cm³/mol. The number of hydrogen-bond acceptors (Lipinski definition) is 3. The van der Waals surface area contributed by atoms with Crippen LogP contribution in [0, 0.1) is 0 Å². The summed E-state index contributed by atoms with van der Waals surface area (Å²) in [7, 11) is 6.34. The number of aryl methyl sites for hydroxylation is 1. The van der Waals surface area contributed by atoms with E-state index in [4.69, 9.17) is 0 Å². The highest BCUT2D eigenvalue weighted by Gasteiger charge is 2.38. The molecule has 1 aromatic rings. The number of nitrogens with one attached hydrogen (secondary N) is 1. The van der Waals surface area contributed by atoms with Crippen LogP contribution in [0.1, 0.15) is 19.3 Å². The minimum absolute atomic E-state index is 0.353. The summed E-state index contributed by atoms with van der Waals surface area (Å²) in [6.45, 7) is 0.991. The van der Waals surface area contributed by atoms with Crippen molar-refractivity contribution in [2.75, 3.05) is 26.0 Å². The van der Waals surface area contributed by atoms with Crippen molar-refractivity contribution in [3.63, 3.8) is 0 Å². The molecule has 0 amide bonds. The first kappa shape index (κ1) is 10.5. The third-order valence-corrected chi connectivity index (χ3v) is 3.63. The summed E-state index contributed by atoms with van der Waals surface area (Å²) in [4.78, 5) is 6.61. The first-order chi connectivity index (χ1) is 7.14. The van der Waals surface area contributed by atoms with Gasteiger partial charge in [-0.15, -0.1) is 0 Å². The lowest BCUT2D eigenvalue weighted by atomic mass is 9.75. The molecule has 1 saturated carbocycles. The fraction of sp³-hybridized carbons (Fsp3) is 0.727. The van der Waals surface area contributed by atoms with Crippen molar-refractivity contribution in [3.05, 3.63) is 12.4 Å². The highest BCUT2D eigenvalue weighted by molar-refractivity contribution is 5.27. The summed E-state index contributed by atoms with van der Waals surface area (Å²) < 4.78 is 2.02. The van der Waals surface area contributed by atoms with Crippen LogP contribution in [0.3, 0.4) is 0 Å². The smallest absolute Gasteiger partial charge is 0.202 e. The Balaban J connectivity index is 1.95. The molecule has 15 heavy (non-hydrogen) atoms. The monoisotopic (exact) mass is 208 g/mol. The Morgan fingerprint density at radius 3 is 2.67 bits per heavy atom. The number of hydrogen-bond donors (Lipinski definition) is 1. The average molecular weight is 208 g/mol. The maximum Gasteiger partial charge on any atom is 0.202 e. The van der Waals surface area contributed by atoms with Crippen LogP contribution in [-0.2, 0) is 7.05 Å². The van der Waals surface area contributed by atoms with Crippen molar-refractivity contribution in [2.24, 2.45) is 7.05 Å². The molecule has 1 heterocycles. The largest absolute Gasteiger partial charge is 0.354 e. The first-order valence-corrected chi connectivity index (χ1v) is 5.53. The van der Waals surface area contributed by atoms with E-state index in [1.807, 2.05) is 24.0 Å². The van der Waals surface area contributed by atoms with E-state index < -0.39 is 0 Å². The SMILES string of the molecule is CN(C)C1(CNc2nccn2C)CCC1. The number of imidazole rings is 1. The van der Waals surface area contributed by atoms with Gasteiger partial charge in [0.05, 0.1) is 0 Å². The van der Waals surface area contributed by atoms with Gasteiger partial charge in [0.2, 0.25) is 5.95 Å². The molecule has 0 aromatic carbocycles. The van der Waals surface area contributed by atoms with E-state index >= 15 is 0 Å². The van der Waals surface area contributed by atoms with Crippen LogP contribution in [0.15, 0.2) is 12.4 Å². The zero-order chi connectivity index (χ0) is 10.9. The van der Waals surface area contributed by atoms with E-state index in [1.165, 1.54) is 19.3 Å². The summed E-state index contributed by atoms with van der Waals surface area (Å²) in [6.07, 6.45) is 7.71. The van der Waals surface area contributed by atoms with Gasteiger partial charge < -0.3 is 14.8 Å². The Morgan fingerprint density at radius 1 is 1.53 bits per heavy atom. The average Bonchev–Trinajstić information content (AvgIpc) is 2.49. The summed E-state index contributed by atoms with van der Waals surface area (Å²) >= 11 is 0. The molecule has 0 bridgehead atoms. The van der Waals surface area contributed by atoms with Crippen LogP contribution in [0.4, 0.5) is 5.95 Å². The summed E-state index contributed by atoms with van der Waals surface area (Å²) in [5.41, 5.74) is 0.353. The topological polar surface area (TPSA) is 33.1 Å². The van der Waals surface area contributed by atoms with E-state index in [2.05, 4.69) is 29.3 Å². The van der Waals surface area contributed by atoms with Crippen molar-refractivity contribution in [1.29, 1.82) is 0 Å². The van der Waals surface area contributed by atoms with E-state index in [0.717, 1.165) is 12.5 Å². The van der Waals surface area contributed by atoms with Gasteiger partial charge in [-0.2, -0.15) is 0 Å².